The quantitative estimate of drug-likeness (QED) is 0.342. The van der Waals surface area contributed by atoms with Crippen molar-refractivity contribution in [2.45, 2.75) is 11.8 Å². The molecule has 3 nitrogen and oxygen atoms in total. The maximum absolute atomic E-state index is 11.4. The zero-order valence-corrected chi connectivity index (χ0v) is 9.25. The number of carbonyl (C=O) groups is 2. The number of hydrogen-bond donors (Lipinski definition) is 0. The van der Waals surface area contributed by atoms with Crippen LogP contribution < -0.4 is 0 Å². The summed E-state index contributed by atoms with van der Waals surface area (Å²) in [7, 11) is 1.19. The molecular formula is C11H11ClO3. The number of rotatable bonds is 3. The van der Waals surface area contributed by atoms with Gasteiger partial charge in [0.15, 0.2) is 6.29 Å². The molecule has 0 amide bonds. The molecule has 1 aromatic carbocycles. The topological polar surface area (TPSA) is 43.4 Å². The van der Waals surface area contributed by atoms with E-state index in [0.717, 1.165) is 5.56 Å². The van der Waals surface area contributed by atoms with Crippen molar-refractivity contribution in [3.05, 3.63) is 35.4 Å². The van der Waals surface area contributed by atoms with Crippen molar-refractivity contribution < 1.29 is 14.3 Å². The largest absolute Gasteiger partial charge is 0.467 e. The predicted molar refractivity (Wildman–Crippen MR) is 56.8 cm³/mol. The van der Waals surface area contributed by atoms with Gasteiger partial charge in [-0.2, -0.15) is 0 Å². The number of ether oxygens (including phenoxy) is 1. The van der Waals surface area contributed by atoms with Gasteiger partial charge in [0.2, 0.25) is 4.87 Å². The van der Waals surface area contributed by atoms with Crippen LogP contribution in [0.25, 0.3) is 0 Å². The Bertz CT molecular complexity index is 372. The van der Waals surface area contributed by atoms with Crippen LogP contribution in [-0.4, -0.2) is 19.4 Å². The second-order valence-electron chi connectivity index (χ2n) is 3.19. The minimum absolute atomic E-state index is 0.380. The Labute approximate surface area is 93.0 Å². The van der Waals surface area contributed by atoms with Gasteiger partial charge >= 0.3 is 5.97 Å². The van der Waals surface area contributed by atoms with E-state index in [2.05, 4.69) is 4.74 Å². The highest BCUT2D eigenvalue weighted by molar-refractivity contribution is 6.42. The summed E-state index contributed by atoms with van der Waals surface area (Å²) in [5.41, 5.74) is 1.44. The molecule has 0 aromatic heterocycles. The van der Waals surface area contributed by atoms with Crippen molar-refractivity contribution in [2.75, 3.05) is 7.11 Å². The summed E-state index contributed by atoms with van der Waals surface area (Å²) in [5, 5.41) is 0. The molecule has 0 aliphatic rings. The Hall–Kier alpha value is -1.35. The van der Waals surface area contributed by atoms with E-state index >= 15 is 0 Å². The number of benzene rings is 1. The Morgan fingerprint density at radius 3 is 2.33 bits per heavy atom. The molecule has 0 saturated heterocycles. The van der Waals surface area contributed by atoms with Crippen LogP contribution in [0.15, 0.2) is 24.3 Å². The van der Waals surface area contributed by atoms with Crippen LogP contribution >= 0.6 is 11.6 Å². The normalized spacial score (nSPS) is 14.1. The van der Waals surface area contributed by atoms with Gasteiger partial charge in [-0.3, -0.25) is 0 Å². The van der Waals surface area contributed by atoms with Gasteiger partial charge in [-0.1, -0.05) is 41.4 Å². The van der Waals surface area contributed by atoms with Crippen LogP contribution in [-0.2, 0) is 19.2 Å². The van der Waals surface area contributed by atoms with Crippen molar-refractivity contribution in [3.8, 4) is 0 Å². The first kappa shape index (κ1) is 11.7. The molecule has 1 atom stereocenters. The molecule has 4 heteroatoms. The third-order valence-corrected chi connectivity index (χ3v) is 2.58. The maximum Gasteiger partial charge on any atom is 0.339 e. The molecule has 0 spiro atoms. The lowest BCUT2D eigenvalue weighted by molar-refractivity contribution is -0.145. The summed E-state index contributed by atoms with van der Waals surface area (Å²) in [6.07, 6.45) is 0.380. The lowest BCUT2D eigenvalue weighted by Crippen LogP contribution is -2.32. The summed E-state index contributed by atoms with van der Waals surface area (Å²) < 4.78 is 4.49. The first-order valence-corrected chi connectivity index (χ1v) is 4.73. The van der Waals surface area contributed by atoms with Crippen molar-refractivity contribution in [3.63, 3.8) is 0 Å². The molecule has 0 radical (unpaired) electrons. The standard InChI is InChI=1S/C11H11ClO3/c1-8-3-5-9(6-4-8)11(12,7-13)10(14)15-2/h3-7H,1-2H3/t11-/m1/s1. The fourth-order valence-corrected chi connectivity index (χ4v) is 1.38. The second kappa shape index (κ2) is 4.45. The summed E-state index contributed by atoms with van der Waals surface area (Å²) >= 11 is 5.91. The SMILES string of the molecule is COC(=O)[C@@](Cl)(C=O)c1ccc(C)cc1. The molecule has 15 heavy (non-hydrogen) atoms. The highest BCUT2D eigenvalue weighted by Gasteiger charge is 2.39. The van der Waals surface area contributed by atoms with E-state index in [1.165, 1.54) is 7.11 Å². The third kappa shape index (κ3) is 2.18. The molecule has 0 unspecified atom stereocenters. The van der Waals surface area contributed by atoms with Crippen molar-refractivity contribution in [1.29, 1.82) is 0 Å². The first-order chi connectivity index (χ1) is 7.04. The van der Waals surface area contributed by atoms with E-state index in [4.69, 9.17) is 11.6 Å². The summed E-state index contributed by atoms with van der Waals surface area (Å²) in [4.78, 5) is 20.5. The monoisotopic (exact) mass is 226 g/mol. The predicted octanol–water partition coefficient (Wildman–Crippen LogP) is 1.80. The van der Waals surface area contributed by atoms with Crippen molar-refractivity contribution in [1.82, 2.24) is 0 Å². The van der Waals surface area contributed by atoms with E-state index in [9.17, 15) is 9.59 Å². The minimum Gasteiger partial charge on any atom is -0.467 e. The van der Waals surface area contributed by atoms with Crippen LogP contribution in [0, 0.1) is 6.92 Å². The Morgan fingerprint density at radius 1 is 1.40 bits per heavy atom. The molecule has 1 rings (SSSR count). The summed E-state index contributed by atoms with van der Waals surface area (Å²) in [6.45, 7) is 1.90. The average molecular weight is 227 g/mol. The van der Waals surface area contributed by atoms with Crippen LogP contribution in [0.2, 0.25) is 0 Å². The number of alkyl halides is 1. The van der Waals surface area contributed by atoms with E-state index in [0.29, 0.717) is 11.8 Å². The van der Waals surface area contributed by atoms with Gasteiger partial charge < -0.3 is 9.53 Å². The molecule has 80 valence electrons. The van der Waals surface area contributed by atoms with E-state index < -0.39 is 10.8 Å². The highest BCUT2D eigenvalue weighted by Crippen LogP contribution is 2.28. The fourth-order valence-electron chi connectivity index (χ4n) is 1.18. The Morgan fingerprint density at radius 2 is 1.93 bits per heavy atom. The second-order valence-corrected chi connectivity index (χ2v) is 3.78. The average Bonchev–Trinajstić information content (AvgIpc) is 2.27. The van der Waals surface area contributed by atoms with Gasteiger partial charge in [-0.25, -0.2) is 4.79 Å². The maximum atomic E-state index is 11.4. The van der Waals surface area contributed by atoms with Crippen LogP contribution in [0.4, 0.5) is 0 Å². The molecule has 1 aromatic rings. The zero-order chi connectivity index (χ0) is 11.5. The van der Waals surface area contributed by atoms with Gasteiger partial charge in [-0.05, 0) is 12.5 Å². The number of aryl methyl sites for hydroxylation is 1. The lowest BCUT2D eigenvalue weighted by Gasteiger charge is -2.17. The molecule has 0 saturated carbocycles. The lowest BCUT2D eigenvalue weighted by atomic mass is 9.99. The van der Waals surface area contributed by atoms with E-state index in [-0.39, 0.29) is 0 Å². The summed E-state index contributed by atoms with van der Waals surface area (Å²) in [6, 6.07) is 6.82. The van der Waals surface area contributed by atoms with E-state index in [1.54, 1.807) is 24.3 Å². The number of esters is 1. The number of aldehydes is 1. The minimum atomic E-state index is -1.73. The summed E-state index contributed by atoms with van der Waals surface area (Å²) in [5.74, 6) is -0.775. The molecule has 0 bridgehead atoms. The molecule has 0 aliphatic carbocycles. The molecule has 0 N–H and O–H groups in total. The smallest absolute Gasteiger partial charge is 0.339 e. The van der Waals surface area contributed by atoms with E-state index in [1.807, 2.05) is 6.92 Å². The first-order valence-electron chi connectivity index (χ1n) is 4.35. The number of hydrogen-bond acceptors (Lipinski definition) is 3. The van der Waals surface area contributed by atoms with Gasteiger partial charge in [0, 0.05) is 0 Å². The fraction of sp³-hybridized carbons (Fsp3) is 0.273. The number of methoxy groups -OCH3 is 1. The zero-order valence-electron chi connectivity index (χ0n) is 8.49. The Balaban J connectivity index is 3.17. The van der Waals surface area contributed by atoms with Crippen LogP contribution in [0.3, 0.4) is 0 Å². The molecule has 0 heterocycles. The van der Waals surface area contributed by atoms with Gasteiger partial charge in [-0.15, -0.1) is 0 Å². The highest BCUT2D eigenvalue weighted by atomic mass is 35.5. The van der Waals surface area contributed by atoms with Crippen LogP contribution in [0.5, 0.6) is 0 Å². The molecule has 0 aliphatic heterocycles. The Kier molecular flexibility index (Phi) is 3.48. The van der Waals surface area contributed by atoms with Gasteiger partial charge in [0.05, 0.1) is 7.11 Å². The third-order valence-electron chi connectivity index (χ3n) is 2.12. The number of carbonyl (C=O) groups excluding carboxylic acids is 2. The van der Waals surface area contributed by atoms with Crippen molar-refractivity contribution in [2.24, 2.45) is 0 Å². The molecular weight excluding hydrogens is 216 g/mol. The number of halogens is 1. The molecule has 0 fully saturated rings. The van der Waals surface area contributed by atoms with Crippen LogP contribution in [0.1, 0.15) is 11.1 Å². The van der Waals surface area contributed by atoms with Crippen molar-refractivity contribution >= 4 is 23.9 Å². The van der Waals surface area contributed by atoms with Gasteiger partial charge in [0.25, 0.3) is 0 Å². The van der Waals surface area contributed by atoms with Gasteiger partial charge in [0.1, 0.15) is 0 Å².